The Bertz CT molecular complexity index is 1050. The third kappa shape index (κ3) is 5.39. The third-order valence-corrected chi connectivity index (χ3v) is 5.49. The molecule has 2 aromatic carbocycles. The minimum atomic E-state index is -0.360. The van der Waals surface area contributed by atoms with Crippen LogP contribution in [0.1, 0.15) is 23.2 Å². The van der Waals surface area contributed by atoms with Gasteiger partial charge in [-0.2, -0.15) is 10.4 Å². The number of nitrogen functional groups attached to an aromatic ring is 1. The number of hydrogen-bond donors (Lipinski definition) is 2. The number of carbonyl (C=O) groups is 1. The van der Waals surface area contributed by atoms with E-state index in [0.717, 1.165) is 4.90 Å². The quantitative estimate of drug-likeness (QED) is 0.426. The molecular formula is C22H22FN5OS. The molecule has 0 atom stereocenters. The fourth-order valence-corrected chi connectivity index (χ4v) is 3.60. The molecule has 1 heterocycles. The first-order valence-corrected chi connectivity index (χ1v) is 10.5. The SMILES string of the molecule is Cc1ccc(SCC(=O)NCCCc2nn(-c3ccc(F)cc3)c(N)c2C#N)cc1. The van der Waals surface area contributed by atoms with Crippen LogP contribution < -0.4 is 11.1 Å². The van der Waals surface area contributed by atoms with E-state index < -0.39 is 0 Å². The first kappa shape index (κ1) is 21.4. The van der Waals surface area contributed by atoms with Gasteiger partial charge in [-0.25, -0.2) is 9.07 Å². The summed E-state index contributed by atoms with van der Waals surface area (Å²) < 4.78 is 14.6. The number of anilines is 1. The van der Waals surface area contributed by atoms with Crippen LogP contribution in [0.5, 0.6) is 0 Å². The van der Waals surface area contributed by atoms with Crippen LogP contribution >= 0.6 is 11.8 Å². The van der Waals surface area contributed by atoms with Crippen LogP contribution in [0.2, 0.25) is 0 Å². The summed E-state index contributed by atoms with van der Waals surface area (Å²) in [4.78, 5) is 13.1. The molecule has 154 valence electrons. The maximum absolute atomic E-state index is 13.1. The summed E-state index contributed by atoms with van der Waals surface area (Å²) in [6.07, 6.45) is 1.11. The number of halogens is 1. The van der Waals surface area contributed by atoms with Crippen molar-refractivity contribution in [3.05, 3.63) is 71.2 Å². The van der Waals surface area contributed by atoms with Gasteiger partial charge in [0.05, 0.1) is 17.1 Å². The fourth-order valence-electron chi connectivity index (χ4n) is 2.87. The minimum absolute atomic E-state index is 0.0440. The Morgan fingerprint density at radius 2 is 1.93 bits per heavy atom. The molecule has 6 nitrogen and oxygen atoms in total. The van der Waals surface area contributed by atoms with E-state index in [2.05, 4.69) is 16.5 Å². The molecule has 3 aromatic rings. The van der Waals surface area contributed by atoms with Gasteiger partial charge in [-0.15, -0.1) is 11.8 Å². The predicted molar refractivity (Wildman–Crippen MR) is 116 cm³/mol. The summed E-state index contributed by atoms with van der Waals surface area (Å²) in [5, 5.41) is 16.7. The number of aryl methyl sites for hydroxylation is 2. The molecular weight excluding hydrogens is 401 g/mol. The minimum Gasteiger partial charge on any atom is -0.382 e. The number of hydrogen-bond acceptors (Lipinski definition) is 5. The molecule has 0 bridgehead atoms. The van der Waals surface area contributed by atoms with Crippen LogP contribution in [0.3, 0.4) is 0 Å². The Labute approximate surface area is 178 Å². The average Bonchev–Trinajstić information content (AvgIpc) is 3.06. The molecule has 1 aromatic heterocycles. The number of amides is 1. The highest BCUT2D eigenvalue weighted by atomic mass is 32.2. The van der Waals surface area contributed by atoms with E-state index in [9.17, 15) is 14.4 Å². The predicted octanol–water partition coefficient (Wildman–Crippen LogP) is 3.61. The first-order valence-electron chi connectivity index (χ1n) is 9.47. The molecule has 8 heteroatoms. The van der Waals surface area contributed by atoms with Gasteiger partial charge in [0.1, 0.15) is 23.3 Å². The lowest BCUT2D eigenvalue weighted by Crippen LogP contribution is -2.26. The zero-order valence-electron chi connectivity index (χ0n) is 16.6. The molecule has 0 saturated heterocycles. The second-order valence-corrected chi connectivity index (χ2v) is 7.81. The van der Waals surface area contributed by atoms with Crippen molar-refractivity contribution >= 4 is 23.5 Å². The highest BCUT2D eigenvalue weighted by molar-refractivity contribution is 8.00. The fraction of sp³-hybridized carbons (Fsp3) is 0.227. The highest BCUT2D eigenvalue weighted by Gasteiger charge is 2.16. The topological polar surface area (TPSA) is 96.7 Å². The van der Waals surface area contributed by atoms with Crippen molar-refractivity contribution in [3.63, 3.8) is 0 Å². The molecule has 0 unspecified atom stereocenters. The summed E-state index contributed by atoms with van der Waals surface area (Å²) in [6, 6.07) is 15.8. The van der Waals surface area contributed by atoms with Crippen LogP contribution in [0.4, 0.5) is 10.2 Å². The zero-order valence-corrected chi connectivity index (χ0v) is 17.4. The van der Waals surface area contributed by atoms with Crippen LogP contribution in [0.25, 0.3) is 5.69 Å². The van der Waals surface area contributed by atoms with Crippen molar-refractivity contribution in [2.24, 2.45) is 0 Å². The molecule has 0 saturated carbocycles. The van der Waals surface area contributed by atoms with Gasteiger partial charge in [0.2, 0.25) is 5.91 Å². The molecule has 3 N–H and O–H groups in total. The number of carbonyl (C=O) groups excluding carboxylic acids is 1. The Balaban J connectivity index is 1.51. The summed E-state index contributed by atoms with van der Waals surface area (Å²) in [5.41, 5.74) is 8.68. The van der Waals surface area contributed by atoms with Gasteiger partial charge in [-0.05, 0) is 56.2 Å². The number of nitrogens with one attached hydrogen (secondary N) is 1. The van der Waals surface area contributed by atoms with Crippen LogP contribution in [0, 0.1) is 24.1 Å². The van der Waals surface area contributed by atoms with Crippen molar-refractivity contribution in [2.45, 2.75) is 24.7 Å². The average molecular weight is 424 g/mol. The summed E-state index contributed by atoms with van der Waals surface area (Å²) in [7, 11) is 0. The lowest BCUT2D eigenvalue weighted by molar-refractivity contribution is -0.118. The lowest BCUT2D eigenvalue weighted by Gasteiger charge is -2.05. The number of thioether (sulfide) groups is 1. The van der Waals surface area contributed by atoms with Gasteiger partial charge >= 0.3 is 0 Å². The van der Waals surface area contributed by atoms with Gasteiger partial charge in [0.25, 0.3) is 0 Å². The van der Waals surface area contributed by atoms with Crippen LogP contribution in [-0.4, -0.2) is 28.0 Å². The molecule has 0 aliphatic rings. The number of rotatable bonds is 8. The Morgan fingerprint density at radius 3 is 2.60 bits per heavy atom. The van der Waals surface area contributed by atoms with Crippen molar-refractivity contribution < 1.29 is 9.18 Å². The number of nitrogens with two attached hydrogens (primary N) is 1. The Kier molecular flexibility index (Phi) is 7.09. The molecule has 0 fully saturated rings. The largest absolute Gasteiger partial charge is 0.382 e. The second kappa shape index (κ2) is 9.94. The van der Waals surface area contributed by atoms with Gasteiger partial charge in [-0.1, -0.05) is 17.7 Å². The van der Waals surface area contributed by atoms with Gasteiger partial charge in [-0.3, -0.25) is 4.79 Å². The van der Waals surface area contributed by atoms with Crippen molar-refractivity contribution in [1.82, 2.24) is 15.1 Å². The van der Waals surface area contributed by atoms with E-state index in [-0.39, 0.29) is 17.5 Å². The molecule has 0 aliphatic carbocycles. The Morgan fingerprint density at radius 1 is 1.23 bits per heavy atom. The van der Waals surface area contributed by atoms with E-state index in [1.165, 1.54) is 34.1 Å². The normalized spacial score (nSPS) is 10.6. The van der Waals surface area contributed by atoms with Crippen molar-refractivity contribution in [3.8, 4) is 11.8 Å². The van der Waals surface area contributed by atoms with Crippen molar-refractivity contribution in [2.75, 3.05) is 18.0 Å². The van der Waals surface area contributed by atoms with E-state index in [0.29, 0.717) is 42.1 Å². The summed E-state index contributed by atoms with van der Waals surface area (Å²) in [6.45, 7) is 2.50. The van der Waals surface area contributed by atoms with Crippen molar-refractivity contribution in [1.29, 1.82) is 5.26 Å². The highest BCUT2D eigenvalue weighted by Crippen LogP contribution is 2.22. The second-order valence-electron chi connectivity index (χ2n) is 6.76. The Hall–Kier alpha value is -3.31. The monoisotopic (exact) mass is 423 g/mol. The van der Waals surface area contributed by atoms with Gasteiger partial charge in [0, 0.05) is 11.4 Å². The smallest absolute Gasteiger partial charge is 0.230 e. The lowest BCUT2D eigenvalue weighted by atomic mass is 10.1. The van der Waals surface area contributed by atoms with Gasteiger partial charge in [0.15, 0.2) is 0 Å². The zero-order chi connectivity index (χ0) is 21.5. The van der Waals surface area contributed by atoms with E-state index in [1.54, 1.807) is 12.1 Å². The van der Waals surface area contributed by atoms with Crippen LogP contribution in [0.15, 0.2) is 53.4 Å². The number of nitriles is 1. The maximum Gasteiger partial charge on any atom is 0.230 e. The van der Waals surface area contributed by atoms with E-state index in [4.69, 9.17) is 5.73 Å². The number of aromatic nitrogens is 2. The molecule has 3 rings (SSSR count). The third-order valence-electron chi connectivity index (χ3n) is 4.48. The summed E-state index contributed by atoms with van der Waals surface area (Å²) in [5.74, 6) is 0.162. The molecule has 0 radical (unpaired) electrons. The standard InChI is InChI=1S/C22H22FN5OS/c1-15-4-10-18(11-5-15)30-14-21(29)26-12-2-3-20-19(13-24)22(25)28(27-20)17-8-6-16(23)7-9-17/h4-11H,2-3,12,14,25H2,1H3,(H,26,29). The summed E-state index contributed by atoms with van der Waals surface area (Å²) >= 11 is 1.49. The maximum atomic E-state index is 13.1. The van der Waals surface area contributed by atoms with Crippen LogP contribution in [-0.2, 0) is 11.2 Å². The molecule has 1 amide bonds. The molecule has 0 spiro atoms. The van der Waals surface area contributed by atoms with Gasteiger partial charge < -0.3 is 11.1 Å². The van der Waals surface area contributed by atoms with E-state index in [1.807, 2.05) is 31.2 Å². The molecule has 30 heavy (non-hydrogen) atoms. The molecule has 0 aliphatic heterocycles. The number of nitrogens with zero attached hydrogens (tertiary/aromatic N) is 3. The number of benzene rings is 2. The van der Waals surface area contributed by atoms with E-state index >= 15 is 0 Å². The first-order chi connectivity index (χ1) is 14.5.